The number of rotatable bonds is 1. The molecule has 2 rings (SSSR count). The molecule has 3 heteroatoms. The zero-order valence-corrected chi connectivity index (χ0v) is 7.96. The quantitative estimate of drug-likeness (QED) is 0.709. The molecule has 0 radical (unpaired) electrons. The van der Waals surface area contributed by atoms with Crippen molar-refractivity contribution in [3.05, 3.63) is 35.1 Å². The maximum atomic E-state index is 13.0. The van der Waals surface area contributed by atoms with Crippen molar-refractivity contribution in [2.45, 2.75) is 24.8 Å². The number of halogens is 1. The Morgan fingerprint density at radius 3 is 3.00 bits per heavy atom. The van der Waals surface area contributed by atoms with E-state index in [9.17, 15) is 9.50 Å². The molecule has 1 aromatic rings. The van der Waals surface area contributed by atoms with Crippen molar-refractivity contribution in [1.29, 1.82) is 0 Å². The van der Waals surface area contributed by atoms with Gasteiger partial charge in [-0.05, 0) is 42.5 Å². The van der Waals surface area contributed by atoms with E-state index in [-0.39, 0.29) is 12.4 Å². The molecule has 3 N–H and O–H groups in total. The van der Waals surface area contributed by atoms with E-state index in [1.54, 1.807) is 6.07 Å². The lowest BCUT2D eigenvalue weighted by Crippen LogP contribution is -2.43. The number of fused-ring (bicyclic) bond motifs is 1. The van der Waals surface area contributed by atoms with Gasteiger partial charge in [0.1, 0.15) is 5.82 Å². The molecular formula is C11H14FNO. The summed E-state index contributed by atoms with van der Waals surface area (Å²) >= 11 is 0. The highest BCUT2D eigenvalue weighted by Crippen LogP contribution is 2.33. The van der Waals surface area contributed by atoms with E-state index in [1.165, 1.54) is 12.1 Å². The van der Waals surface area contributed by atoms with Crippen molar-refractivity contribution < 1.29 is 9.50 Å². The summed E-state index contributed by atoms with van der Waals surface area (Å²) in [6, 6.07) is 4.66. The Kier molecular flexibility index (Phi) is 2.29. The van der Waals surface area contributed by atoms with Crippen LogP contribution in [-0.4, -0.2) is 11.7 Å². The fourth-order valence-corrected chi connectivity index (χ4v) is 2.12. The lowest BCUT2D eigenvalue weighted by Gasteiger charge is -2.34. The largest absolute Gasteiger partial charge is 0.394 e. The number of aliphatic hydroxyl groups excluding tert-OH is 1. The Bertz CT molecular complexity index is 353. The minimum absolute atomic E-state index is 0.122. The maximum Gasteiger partial charge on any atom is 0.123 e. The zero-order chi connectivity index (χ0) is 10.2. The van der Waals surface area contributed by atoms with Crippen molar-refractivity contribution >= 4 is 0 Å². The summed E-state index contributed by atoms with van der Waals surface area (Å²) < 4.78 is 13.0. The second kappa shape index (κ2) is 3.33. The molecule has 0 saturated heterocycles. The van der Waals surface area contributed by atoms with Crippen LogP contribution in [0.4, 0.5) is 4.39 Å². The second-order valence-electron chi connectivity index (χ2n) is 3.97. The Morgan fingerprint density at radius 1 is 1.50 bits per heavy atom. The van der Waals surface area contributed by atoms with E-state index in [0.717, 1.165) is 30.4 Å². The highest BCUT2D eigenvalue weighted by molar-refractivity contribution is 5.36. The van der Waals surface area contributed by atoms with Crippen LogP contribution in [0, 0.1) is 5.82 Å². The molecule has 0 aliphatic heterocycles. The number of benzene rings is 1. The van der Waals surface area contributed by atoms with E-state index in [2.05, 4.69) is 0 Å². The summed E-state index contributed by atoms with van der Waals surface area (Å²) in [4.78, 5) is 0. The number of hydrogen-bond acceptors (Lipinski definition) is 2. The molecule has 1 atom stereocenters. The number of nitrogens with two attached hydrogens (primary N) is 1. The van der Waals surface area contributed by atoms with Crippen LogP contribution in [0.3, 0.4) is 0 Å². The van der Waals surface area contributed by atoms with E-state index >= 15 is 0 Å². The average molecular weight is 195 g/mol. The summed E-state index contributed by atoms with van der Waals surface area (Å²) in [5, 5.41) is 9.24. The van der Waals surface area contributed by atoms with Crippen molar-refractivity contribution in [3.63, 3.8) is 0 Å². The Morgan fingerprint density at radius 2 is 2.29 bits per heavy atom. The molecule has 0 bridgehead atoms. The van der Waals surface area contributed by atoms with Gasteiger partial charge in [-0.2, -0.15) is 0 Å². The van der Waals surface area contributed by atoms with Crippen LogP contribution in [0.2, 0.25) is 0 Å². The smallest absolute Gasteiger partial charge is 0.123 e. The van der Waals surface area contributed by atoms with Gasteiger partial charge in [0.15, 0.2) is 0 Å². The van der Waals surface area contributed by atoms with Gasteiger partial charge >= 0.3 is 0 Å². The van der Waals surface area contributed by atoms with E-state index < -0.39 is 5.54 Å². The molecule has 0 spiro atoms. The van der Waals surface area contributed by atoms with Gasteiger partial charge in [0, 0.05) is 0 Å². The molecule has 0 heterocycles. The van der Waals surface area contributed by atoms with Crippen LogP contribution in [0.15, 0.2) is 18.2 Å². The summed E-state index contributed by atoms with van der Waals surface area (Å²) in [7, 11) is 0. The Hall–Kier alpha value is -0.930. The van der Waals surface area contributed by atoms with Crippen LogP contribution >= 0.6 is 0 Å². The van der Waals surface area contributed by atoms with E-state index in [4.69, 9.17) is 5.73 Å². The van der Waals surface area contributed by atoms with Crippen LogP contribution in [0.25, 0.3) is 0 Å². The predicted molar refractivity (Wildman–Crippen MR) is 52.3 cm³/mol. The standard InChI is InChI=1S/C11H14FNO/c12-9-4-3-8-2-1-5-11(13,7-14)10(8)6-9/h3-4,6,14H,1-2,5,7,13H2. The van der Waals surface area contributed by atoms with Crippen molar-refractivity contribution in [2.75, 3.05) is 6.61 Å². The van der Waals surface area contributed by atoms with Crippen molar-refractivity contribution in [3.8, 4) is 0 Å². The lowest BCUT2D eigenvalue weighted by atomic mass is 9.78. The molecule has 0 saturated carbocycles. The summed E-state index contributed by atoms with van der Waals surface area (Å²) in [5.41, 5.74) is 7.12. The molecule has 0 aromatic heterocycles. The molecule has 1 aliphatic carbocycles. The topological polar surface area (TPSA) is 46.2 Å². The Labute approximate surface area is 82.5 Å². The maximum absolute atomic E-state index is 13.0. The van der Waals surface area contributed by atoms with E-state index in [0.29, 0.717) is 0 Å². The van der Waals surface area contributed by atoms with Crippen LogP contribution < -0.4 is 5.73 Å². The minimum atomic E-state index is -0.740. The van der Waals surface area contributed by atoms with Crippen LogP contribution in [0.1, 0.15) is 24.0 Å². The SMILES string of the molecule is NC1(CO)CCCc2ccc(F)cc21. The molecule has 0 fully saturated rings. The lowest BCUT2D eigenvalue weighted by molar-refractivity contribution is 0.178. The molecule has 1 unspecified atom stereocenters. The molecule has 0 amide bonds. The molecular weight excluding hydrogens is 181 g/mol. The number of hydrogen-bond donors (Lipinski definition) is 2. The van der Waals surface area contributed by atoms with Crippen LogP contribution in [0.5, 0.6) is 0 Å². The number of aryl methyl sites for hydroxylation is 1. The van der Waals surface area contributed by atoms with Gasteiger partial charge < -0.3 is 10.8 Å². The van der Waals surface area contributed by atoms with Gasteiger partial charge in [-0.3, -0.25) is 0 Å². The summed E-state index contributed by atoms with van der Waals surface area (Å²) in [5.74, 6) is -0.283. The highest BCUT2D eigenvalue weighted by Gasteiger charge is 2.32. The highest BCUT2D eigenvalue weighted by atomic mass is 19.1. The van der Waals surface area contributed by atoms with Crippen LogP contribution in [-0.2, 0) is 12.0 Å². The summed E-state index contributed by atoms with van der Waals surface area (Å²) in [6.45, 7) is -0.122. The van der Waals surface area contributed by atoms with Gasteiger partial charge in [0.25, 0.3) is 0 Å². The van der Waals surface area contributed by atoms with Gasteiger partial charge in [-0.15, -0.1) is 0 Å². The first kappa shape index (κ1) is 9.62. The third kappa shape index (κ3) is 1.42. The average Bonchev–Trinajstić information content (AvgIpc) is 2.20. The third-order valence-corrected chi connectivity index (χ3v) is 2.96. The van der Waals surface area contributed by atoms with Gasteiger partial charge in [-0.25, -0.2) is 4.39 Å². The fourth-order valence-electron chi connectivity index (χ4n) is 2.12. The monoisotopic (exact) mass is 195 g/mol. The first-order valence-electron chi connectivity index (χ1n) is 4.84. The molecule has 14 heavy (non-hydrogen) atoms. The first-order chi connectivity index (χ1) is 6.65. The van der Waals surface area contributed by atoms with Crippen molar-refractivity contribution in [1.82, 2.24) is 0 Å². The Balaban J connectivity index is 2.52. The fraction of sp³-hybridized carbons (Fsp3) is 0.455. The minimum Gasteiger partial charge on any atom is -0.394 e. The van der Waals surface area contributed by atoms with Crippen molar-refractivity contribution in [2.24, 2.45) is 5.73 Å². The molecule has 2 nitrogen and oxygen atoms in total. The van der Waals surface area contributed by atoms with E-state index in [1.807, 2.05) is 0 Å². The predicted octanol–water partition coefficient (Wildman–Crippen LogP) is 1.31. The van der Waals surface area contributed by atoms with Gasteiger partial charge in [-0.1, -0.05) is 6.07 Å². The normalized spacial score (nSPS) is 25.9. The molecule has 1 aromatic carbocycles. The molecule has 1 aliphatic rings. The summed E-state index contributed by atoms with van der Waals surface area (Å²) in [6.07, 6.45) is 2.60. The molecule has 76 valence electrons. The number of aliphatic hydroxyl groups is 1. The van der Waals surface area contributed by atoms with Gasteiger partial charge in [0.2, 0.25) is 0 Å². The second-order valence-corrected chi connectivity index (χ2v) is 3.97. The first-order valence-corrected chi connectivity index (χ1v) is 4.84. The third-order valence-electron chi connectivity index (χ3n) is 2.96. The zero-order valence-electron chi connectivity index (χ0n) is 7.96. The van der Waals surface area contributed by atoms with Gasteiger partial charge in [0.05, 0.1) is 12.1 Å².